The summed E-state index contributed by atoms with van der Waals surface area (Å²) in [5.41, 5.74) is 2.57. The summed E-state index contributed by atoms with van der Waals surface area (Å²) in [6.45, 7) is 8.68. The molecule has 0 saturated carbocycles. The van der Waals surface area contributed by atoms with Gasteiger partial charge in [0.2, 0.25) is 0 Å². The number of hydrogen-bond donors (Lipinski definition) is 2. The molecule has 6 heteroatoms. The number of rotatable bonds is 8. The fraction of sp³-hybridized carbons (Fsp3) is 0.500. The molecule has 2 aromatic rings. The Balaban J connectivity index is 1.97. The van der Waals surface area contributed by atoms with E-state index in [4.69, 9.17) is 4.99 Å². The van der Waals surface area contributed by atoms with Crippen LogP contribution in [0.4, 0.5) is 0 Å². The summed E-state index contributed by atoms with van der Waals surface area (Å²) in [6.07, 6.45) is 2.85. The number of nitrogens with one attached hydrogen (secondary N) is 2. The van der Waals surface area contributed by atoms with Crippen LogP contribution in [0.2, 0.25) is 0 Å². The van der Waals surface area contributed by atoms with Gasteiger partial charge in [-0.25, -0.2) is 4.98 Å². The molecule has 0 aliphatic carbocycles. The first kappa shape index (κ1) is 20.4. The van der Waals surface area contributed by atoms with Gasteiger partial charge in [-0.2, -0.15) is 0 Å². The van der Waals surface area contributed by atoms with Crippen molar-refractivity contribution < 1.29 is 0 Å². The molecule has 5 nitrogen and oxygen atoms in total. The van der Waals surface area contributed by atoms with E-state index in [-0.39, 0.29) is 6.04 Å². The lowest BCUT2D eigenvalue weighted by Gasteiger charge is -2.24. The Kier molecular flexibility index (Phi) is 8.06. The van der Waals surface area contributed by atoms with Gasteiger partial charge < -0.3 is 15.5 Å². The molecule has 0 bridgehead atoms. The van der Waals surface area contributed by atoms with Crippen molar-refractivity contribution in [3.63, 3.8) is 0 Å². The van der Waals surface area contributed by atoms with Gasteiger partial charge in [0.1, 0.15) is 0 Å². The van der Waals surface area contributed by atoms with Crippen LogP contribution in [0, 0.1) is 13.8 Å². The molecule has 0 saturated heterocycles. The molecule has 1 aromatic heterocycles. The number of nitrogens with zero attached hydrogens (tertiary/aromatic N) is 3. The van der Waals surface area contributed by atoms with Crippen molar-refractivity contribution in [1.29, 1.82) is 0 Å². The van der Waals surface area contributed by atoms with E-state index in [2.05, 4.69) is 79.6 Å². The zero-order valence-corrected chi connectivity index (χ0v) is 17.4. The quantitative estimate of drug-likeness (QED) is 0.551. The molecule has 1 atom stereocenters. The summed E-state index contributed by atoms with van der Waals surface area (Å²) in [5.74, 6) is 0.861. The summed E-state index contributed by atoms with van der Waals surface area (Å²) < 4.78 is 0. The molecule has 0 aliphatic heterocycles. The monoisotopic (exact) mass is 373 g/mol. The Morgan fingerprint density at radius 2 is 1.92 bits per heavy atom. The van der Waals surface area contributed by atoms with Gasteiger partial charge in [-0.05, 0) is 40.4 Å². The lowest BCUT2D eigenvalue weighted by molar-refractivity contribution is 0.306. The Morgan fingerprint density at radius 1 is 1.19 bits per heavy atom. The zero-order chi connectivity index (χ0) is 18.9. The van der Waals surface area contributed by atoms with Gasteiger partial charge >= 0.3 is 0 Å². The summed E-state index contributed by atoms with van der Waals surface area (Å²) in [4.78, 5) is 12.7. The molecule has 142 valence electrons. The lowest BCUT2D eigenvalue weighted by atomic mass is 10.0. The molecule has 0 spiro atoms. The highest BCUT2D eigenvalue weighted by Gasteiger charge is 2.14. The summed E-state index contributed by atoms with van der Waals surface area (Å²) in [7, 11) is 4.20. The van der Waals surface area contributed by atoms with Crippen LogP contribution in [0.3, 0.4) is 0 Å². The van der Waals surface area contributed by atoms with E-state index in [1.165, 1.54) is 16.0 Å². The van der Waals surface area contributed by atoms with E-state index in [0.29, 0.717) is 6.54 Å². The molecule has 0 amide bonds. The minimum atomic E-state index is 0.257. The maximum absolute atomic E-state index is 4.81. The van der Waals surface area contributed by atoms with Crippen molar-refractivity contribution in [2.24, 2.45) is 4.99 Å². The normalized spacial score (nSPS) is 13.1. The first-order valence-electron chi connectivity index (χ1n) is 9.16. The van der Waals surface area contributed by atoms with Crippen LogP contribution in [-0.4, -0.2) is 49.6 Å². The summed E-state index contributed by atoms with van der Waals surface area (Å²) in [5, 5.41) is 7.92. The standard InChI is InChI=1S/C20H31N5S/c1-6-21-20(22-12-11-19-23-13-16(3)26-19)24-14-18(25(4)5)17-9-7-15(2)8-10-17/h7-10,13,18H,6,11-12,14H2,1-5H3,(H2,21,22,24). The highest BCUT2D eigenvalue weighted by molar-refractivity contribution is 7.11. The van der Waals surface area contributed by atoms with E-state index in [0.717, 1.165) is 30.5 Å². The van der Waals surface area contributed by atoms with Gasteiger partial charge in [0.15, 0.2) is 5.96 Å². The second-order valence-electron chi connectivity index (χ2n) is 6.65. The average Bonchev–Trinajstić information content (AvgIpc) is 3.01. The number of aromatic nitrogens is 1. The number of aryl methyl sites for hydroxylation is 2. The van der Waals surface area contributed by atoms with Crippen LogP contribution in [0.1, 0.15) is 34.0 Å². The van der Waals surface area contributed by atoms with Crippen LogP contribution in [-0.2, 0) is 6.42 Å². The first-order chi connectivity index (χ1) is 12.5. The maximum Gasteiger partial charge on any atom is 0.191 e. The molecular formula is C20H31N5S. The van der Waals surface area contributed by atoms with E-state index < -0.39 is 0 Å². The predicted octanol–water partition coefficient (Wildman–Crippen LogP) is 3.16. The second-order valence-corrected chi connectivity index (χ2v) is 7.97. The predicted molar refractivity (Wildman–Crippen MR) is 112 cm³/mol. The Morgan fingerprint density at radius 3 is 2.50 bits per heavy atom. The zero-order valence-electron chi connectivity index (χ0n) is 16.5. The molecule has 0 aliphatic rings. The van der Waals surface area contributed by atoms with E-state index >= 15 is 0 Å². The van der Waals surface area contributed by atoms with Crippen molar-refractivity contribution in [2.75, 3.05) is 33.7 Å². The third-order valence-electron chi connectivity index (χ3n) is 4.15. The molecule has 2 rings (SSSR count). The molecule has 0 fully saturated rings. The van der Waals surface area contributed by atoms with E-state index in [9.17, 15) is 0 Å². The number of hydrogen-bond acceptors (Lipinski definition) is 4. The average molecular weight is 374 g/mol. The third kappa shape index (κ3) is 6.42. The molecule has 1 heterocycles. The van der Waals surface area contributed by atoms with Crippen molar-refractivity contribution >= 4 is 17.3 Å². The maximum atomic E-state index is 4.81. The van der Waals surface area contributed by atoms with Gasteiger partial charge in [-0.15, -0.1) is 11.3 Å². The van der Waals surface area contributed by atoms with Crippen molar-refractivity contribution in [3.8, 4) is 0 Å². The Hall–Kier alpha value is -1.92. The fourth-order valence-electron chi connectivity index (χ4n) is 2.68. The Bertz CT molecular complexity index is 690. The molecule has 1 unspecified atom stereocenters. The van der Waals surface area contributed by atoms with Gasteiger partial charge in [-0.3, -0.25) is 4.99 Å². The summed E-state index contributed by atoms with van der Waals surface area (Å²) in [6, 6.07) is 8.97. The number of thiazole rings is 1. The van der Waals surface area contributed by atoms with Crippen LogP contribution in [0.15, 0.2) is 35.5 Å². The van der Waals surface area contributed by atoms with Crippen molar-refractivity contribution in [1.82, 2.24) is 20.5 Å². The SMILES string of the molecule is CCNC(=NCC(c1ccc(C)cc1)N(C)C)NCCc1ncc(C)s1. The van der Waals surface area contributed by atoms with Crippen LogP contribution >= 0.6 is 11.3 Å². The highest BCUT2D eigenvalue weighted by Crippen LogP contribution is 2.19. The number of aliphatic imine (C=N–C) groups is 1. The van der Waals surface area contributed by atoms with E-state index in [1.54, 1.807) is 11.3 Å². The van der Waals surface area contributed by atoms with Gasteiger partial charge in [0, 0.05) is 30.6 Å². The van der Waals surface area contributed by atoms with Crippen LogP contribution in [0.25, 0.3) is 0 Å². The Labute approximate surface area is 161 Å². The minimum absolute atomic E-state index is 0.257. The topological polar surface area (TPSA) is 52.6 Å². The van der Waals surface area contributed by atoms with E-state index in [1.807, 2.05) is 6.20 Å². The molecule has 1 aromatic carbocycles. The first-order valence-corrected chi connectivity index (χ1v) is 9.97. The largest absolute Gasteiger partial charge is 0.357 e. The second kappa shape index (κ2) is 10.3. The molecule has 26 heavy (non-hydrogen) atoms. The highest BCUT2D eigenvalue weighted by atomic mass is 32.1. The van der Waals surface area contributed by atoms with Crippen molar-refractivity contribution in [2.45, 2.75) is 33.2 Å². The van der Waals surface area contributed by atoms with Gasteiger partial charge in [0.05, 0.1) is 17.6 Å². The minimum Gasteiger partial charge on any atom is -0.357 e. The third-order valence-corrected chi connectivity index (χ3v) is 5.13. The van der Waals surface area contributed by atoms with Crippen LogP contribution < -0.4 is 10.6 Å². The molecular weight excluding hydrogens is 342 g/mol. The molecule has 0 radical (unpaired) electrons. The molecule has 2 N–H and O–H groups in total. The number of likely N-dealkylation sites (N-methyl/N-ethyl adjacent to an activating group) is 1. The van der Waals surface area contributed by atoms with Gasteiger partial charge in [-0.1, -0.05) is 29.8 Å². The summed E-state index contributed by atoms with van der Waals surface area (Å²) >= 11 is 1.76. The number of benzene rings is 1. The van der Waals surface area contributed by atoms with Crippen LogP contribution in [0.5, 0.6) is 0 Å². The lowest BCUT2D eigenvalue weighted by Crippen LogP contribution is -2.39. The fourth-order valence-corrected chi connectivity index (χ4v) is 3.47. The smallest absolute Gasteiger partial charge is 0.191 e. The van der Waals surface area contributed by atoms with Gasteiger partial charge in [0.25, 0.3) is 0 Å². The number of guanidine groups is 1. The van der Waals surface area contributed by atoms with Crippen molar-refractivity contribution in [3.05, 3.63) is 51.5 Å².